The predicted molar refractivity (Wildman–Crippen MR) is 135 cm³/mol. The molecule has 0 aliphatic carbocycles. The van der Waals surface area contributed by atoms with Gasteiger partial charge in [-0.2, -0.15) is 0 Å². The third-order valence-corrected chi connectivity index (χ3v) is 7.01. The number of imidazole rings is 1. The summed E-state index contributed by atoms with van der Waals surface area (Å²) in [4.78, 5) is 24.7. The van der Waals surface area contributed by atoms with E-state index in [9.17, 15) is 17.6 Å². The van der Waals surface area contributed by atoms with Gasteiger partial charge in [-0.1, -0.05) is 19.1 Å². The van der Waals surface area contributed by atoms with Gasteiger partial charge in [-0.05, 0) is 54.4 Å². The van der Waals surface area contributed by atoms with Crippen LogP contribution >= 0.6 is 10.7 Å². The quantitative estimate of drug-likeness (QED) is 0.304. The molecule has 0 unspecified atom stereocenters. The Hall–Kier alpha value is -3.76. The topological polar surface area (TPSA) is 107 Å². The standard InChI is InChI=1S/C25H20ClFN4O4S/c1-2-9-35-23-8-7-17(36(26,33)34)10-19(23)24-29-20-12-21-22(11-18(20)25(32)30-24)31(14-28-21)13-15-3-5-16(27)6-4-15/h3-8,10-12,14H,2,9,13H2,1H3,(H,29,30,32). The van der Waals surface area contributed by atoms with Crippen molar-refractivity contribution in [1.29, 1.82) is 0 Å². The van der Waals surface area contributed by atoms with Gasteiger partial charge in [0.2, 0.25) is 0 Å². The number of nitrogens with one attached hydrogen (secondary N) is 1. The highest BCUT2D eigenvalue weighted by molar-refractivity contribution is 8.13. The number of ether oxygens (including phenoxy) is 1. The van der Waals surface area contributed by atoms with Crippen molar-refractivity contribution in [3.63, 3.8) is 0 Å². The summed E-state index contributed by atoms with van der Waals surface area (Å²) in [6.45, 7) is 2.78. The van der Waals surface area contributed by atoms with Crippen LogP contribution < -0.4 is 10.3 Å². The number of fused-ring (bicyclic) bond motifs is 2. The van der Waals surface area contributed by atoms with E-state index in [1.165, 1.54) is 30.3 Å². The van der Waals surface area contributed by atoms with Gasteiger partial charge in [0, 0.05) is 17.2 Å². The van der Waals surface area contributed by atoms with Crippen LogP contribution in [-0.4, -0.2) is 34.5 Å². The number of hydrogen-bond acceptors (Lipinski definition) is 6. The number of H-pyrrole nitrogens is 1. The molecule has 2 aromatic heterocycles. The zero-order valence-corrected chi connectivity index (χ0v) is 20.6. The van der Waals surface area contributed by atoms with Crippen LogP contribution in [0, 0.1) is 5.82 Å². The van der Waals surface area contributed by atoms with Crippen molar-refractivity contribution in [1.82, 2.24) is 19.5 Å². The molecule has 0 aliphatic heterocycles. The fourth-order valence-corrected chi connectivity index (χ4v) is 4.69. The highest BCUT2D eigenvalue weighted by atomic mass is 35.7. The molecule has 0 atom stereocenters. The average molecular weight is 527 g/mol. The molecule has 0 aliphatic rings. The van der Waals surface area contributed by atoms with E-state index in [2.05, 4.69) is 15.0 Å². The number of aromatic amines is 1. The lowest BCUT2D eigenvalue weighted by atomic mass is 10.1. The van der Waals surface area contributed by atoms with Crippen LogP contribution in [-0.2, 0) is 15.6 Å². The van der Waals surface area contributed by atoms with Gasteiger partial charge in [-0.25, -0.2) is 22.8 Å². The lowest BCUT2D eigenvalue weighted by Crippen LogP contribution is -2.11. The molecular weight excluding hydrogens is 507 g/mol. The van der Waals surface area contributed by atoms with Gasteiger partial charge in [0.1, 0.15) is 17.4 Å². The van der Waals surface area contributed by atoms with Crippen molar-refractivity contribution in [2.24, 2.45) is 0 Å². The first-order valence-corrected chi connectivity index (χ1v) is 13.4. The Bertz CT molecular complexity index is 1770. The van der Waals surface area contributed by atoms with E-state index in [-0.39, 0.29) is 16.5 Å². The normalized spacial score (nSPS) is 11.9. The number of rotatable bonds is 7. The molecule has 0 fully saturated rings. The number of hydrogen-bond donors (Lipinski definition) is 1. The SMILES string of the molecule is CCCOc1ccc(S(=O)(=O)Cl)cc1-c1nc2cc3ncn(Cc4ccc(F)cc4)c3cc2c(=O)[nH]1. The van der Waals surface area contributed by atoms with Crippen LogP contribution in [0.4, 0.5) is 4.39 Å². The van der Waals surface area contributed by atoms with Crippen molar-refractivity contribution < 1.29 is 17.5 Å². The van der Waals surface area contributed by atoms with Crippen molar-refractivity contribution >= 4 is 41.7 Å². The Morgan fingerprint density at radius 3 is 2.58 bits per heavy atom. The Morgan fingerprint density at radius 1 is 1.08 bits per heavy atom. The van der Waals surface area contributed by atoms with Crippen molar-refractivity contribution in [3.05, 3.63) is 82.7 Å². The molecule has 8 nitrogen and oxygen atoms in total. The third kappa shape index (κ3) is 4.69. The van der Waals surface area contributed by atoms with Gasteiger partial charge in [-0.15, -0.1) is 0 Å². The number of halogens is 2. The Labute approximate surface area is 209 Å². The van der Waals surface area contributed by atoms with Gasteiger partial charge >= 0.3 is 0 Å². The molecule has 0 saturated carbocycles. The predicted octanol–water partition coefficient (Wildman–Crippen LogP) is 4.84. The second-order valence-corrected chi connectivity index (χ2v) is 10.8. The highest BCUT2D eigenvalue weighted by Gasteiger charge is 2.18. The fourth-order valence-electron chi connectivity index (χ4n) is 3.91. The van der Waals surface area contributed by atoms with E-state index >= 15 is 0 Å². The summed E-state index contributed by atoms with van der Waals surface area (Å²) < 4.78 is 44.7. The molecule has 0 bridgehead atoms. The summed E-state index contributed by atoms with van der Waals surface area (Å²) in [6.07, 6.45) is 2.38. The summed E-state index contributed by atoms with van der Waals surface area (Å²) in [6, 6.07) is 13.7. The Kier molecular flexibility index (Phi) is 6.23. The largest absolute Gasteiger partial charge is 0.493 e. The fraction of sp³-hybridized carbons (Fsp3) is 0.160. The average Bonchev–Trinajstić information content (AvgIpc) is 3.23. The third-order valence-electron chi connectivity index (χ3n) is 5.66. The van der Waals surface area contributed by atoms with E-state index in [4.69, 9.17) is 15.4 Å². The Morgan fingerprint density at radius 2 is 1.86 bits per heavy atom. The van der Waals surface area contributed by atoms with E-state index in [1.807, 2.05) is 11.5 Å². The van der Waals surface area contributed by atoms with Crippen LogP contribution in [0.25, 0.3) is 33.3 Å². The van der Waals surface area contributed by atoms with Crippen molar-refractivity contribution in [3.8, 4) is 17.1 Å². The van der Waals surface area contributed by atoms with E-state index in [0.29, 0.717) is 46.4 Å². The minimum Gasteiger partial charge on any atom is -0.493 e. The van der Waals surface area contributed by atoms with Gasteiger partial charge in [0.15, 0.2) is 0 Å². The first-order valence-electron chi connectivity index (χ1n) is 11.1. The molecule has 2 heterocycles. The molecule has 5 aromatic rings. The summed E-state index contributed by atoms with van der Waals surface area (Å²) in [5.74, 6) is 0.199. The Balaban J connectivity index is 1.62. The lowest BCUT2D eigenvalue weighted by molar-refractivity contribution is 0.318. The molecule has 3 aromatic carbocycles. The van der Waals surface area contributed by atoms with Crippen molar-refractivity contribution in [2.45, 2.75) is 24.8 Å². The number of aromatic nitrogens is 4. The number of nitrogens with zero attached hydrogens (tertiary/aromatic N) is 3. The summed E-state index contributed by atoms with van der Waals surface area (Å²) >= 11 is 0. The monoisotopic (exact) mass is 526 g/mol. The molecule has 1 N–H and O–H groups in total. The first-order chi connectivity index (χ1) is 17.2. The molecular formula is C25H20ClFN4O4S. The smallest absolute Gasteiger partial charge is 0.261 e. The molecule has 0 radical (unpaired) electrons. The minimum atomic E-state index is -4.01. The first kappa shape index (κ1) is 24.0. The summed E-state index contributed by atoms with van der Waals surface area (Å²) in [7, 11) is 1.53. The zero-order valence-electron chi connectivity index (χ0n) is 19.0. The summed E-state index contributed by atoms with van der Waals surface area (Å²) in [5.41, 5.74) is 2.49. The number of benzene rings is 3. The van der Waals surface area contributed by atoms with Gasteiger partial charge in [-0.3, -0.25) is 4.79 Å². The van der Waals surface area contributed by atoms with Crippen molar-refractivity contribution in [2.75, 3.05) is 6.61 Å². The lowest BCUT2D eigenvalue weighted by Gasteiger charge is -2.12. The van der Waals surface area contributed by atoms with E-state index < -0.39 is 14.6 Å². The second kappa shape index (κ2) is 9.36. The van der Waals surface area contributed by atoms with E-state index in [0.717, 1.165) is 12.0 Å². The van der Waals surface area contributed by atoms with Gasteiger partial charge in [0.25, 0.3) is 14.6 Å². The van der Waals surface area contributed by atoms with Crippen LogP contribution in [0.2, 0.25) is 0 Å². The molecule has 11 heteroatoms. The van der Waals surface area contributed by atoms with Gasteiger partial charge in [0.05, 0.1) is 45.3 Å². The van der Waals surface area contributed by atoms with Crippen LogP contribution in [0.1, 0.15) is 18.9 Å². The maximum Gasteiger partial charge on any atom is 0.261 e. The summed E-state index contributed by atoms with van der Waals surface area (Å²) in [5, 5.41) is 0.337. The van der Waals surface area contributed by atoms with Gasteiger partial charge < -0.3 is 14.3 Å². The highest BCUT2D eigenvalue weighted by Crippen LogP contribution is 2.32. The molecule has 5 rings (SSSR count). The maximum absolute atomic E-state index is 13.3. The minimum absolute atomic E-state index is 0.138. The zero-order chi connectivity index (χ0) is 25.4. The molecule has 184 valence electrons. The van der Waals surface area contributed by atoms with Crippen LogP contribution in [0.15, 0.2) is 70.6 Å². The second-order valence-electron chi connectivity index (χ2n) is 8.22. The van der Waals surface area contributed by atoms with Crippen LogP contribution in [0.3, 0.4) is 0 Å². The molecule has 36 heavy (non-hydrogen) atoms. The maximum atomic E-state index is 13.3. The van der Waals surface area contributed by atoms with Crippen LogP contribution in [0.5, 0.6) is 5.75 Å². The van der Waals surface area contributed by atoms with E-state index in [1.54, 1.807) is 30.6 Å². The molecule has 0 spiro atoms. The molecule has 0 amide bonds. The molecule has 0 saturated heterocycles.